The number of alkyl halides is 1. The third-order valence-corrected chi connectivity index (χ3v) is 5.59. The normalized spacial score (nSPS) is 27.2. The van der Waals surface area contributed by atoms with Crippen molar-refractivity contribution in [1.82, 2.24) is 0 Å². The summed E-state index contributed by atoms with van der Waals surface area (Å²) in [6.07, 6.45) is 5.59. The second-order valence-electron chi connectivity index (χ2n) is 5.36. The maximum absolute atomic E-state index is 5.95. The standard InChI is InChI=1S/C15H19Br2NO/c16-10-11-5-6-12(9-13(11)17)18-7-8-19-15-4-2-1-3-14(15)18/h5-6,9,14-15H,1-4,7-8,10H2. The number of hydrogen-bond acceptors (Lipinski definition) is 2. The molecular formula is C15H19Br2NO. The predicted octanol–water partition coefficient (Wildman–Crippen LogP) is 4.49. The van der Waals surface area contributed by atoms with Crippen LogP contribution in [0.4, 0.5) is 5.69 Å². The molecule has 1 saturated heterocycles. The van der Waals surface area contributed by atoms with Gasteiger partial charge < -0.3 is 9.64 Å². The van der Waals surface area contributed by atoms with Crippen LogP contribution in [0.3, 0.4) is 0 Å². The van der Waals surface area contributed by atoms with Gasteiger partial charge >= 0.3 is 0 Å². The maximum atomic E-state index is 5.95. The Labute approximate surface area is 131 Å². The molecule has 19 heavy (non-hydrogen) atoms. The third-order valence-electron chi connectivity index (χ3n) is 4.24. The van der Waals surface area contributed by atoms with Crippen molar-refractivity contribution in [3.63, 3.8) is 0 Å². The maximum Gasteiger partial charge on any atom is 0.0779 e. The molecule has 1 heterocycles. The Morgan fingerprint density at radius 2 is 2.11 bits per heavy atom. The SMILES string of the molecule is BrCc1ccc(N2CCOC3CCCCC32)cc1Br. The minimum Gasteiger partial charge on any atom is -0.374 e. The Hall–Kier alpha value is -0.0600. The fraction of sp³-hybridized carbons (Fsp3) is 0.600. The average Bonchev–Trinajstić information content (AvgIpc) is 2.46. The van der Waals surface area contributed by atoms with E-state index in [1.54, 1.807) is 0 Å². The minimum atomic E-state index is 0.442. The van der Waals surface area contributed by atoms with E-state index >= 15 is 0 Å². The van der Waals surface area contributed by atoms with Gasteiger partial charge in [-0.25, -0.2) is 0 Å². The summed E-state index contributed by atoms with van der Waals surface area (Å²) in [5.41, 5.74) is 2.63. The molecule has 1 aliphatic carbocycles. The first-order chi connectivity index (χ1) is 9.29. The van der Waals surface area contributed by atoms with Crippen LogP contribution in [-0.4, -0.2) is 25.3 Å². The molecule has 0 bridgehead atoms. The minimum absolute atomic E-state index is 0.442. The Kier molecular flexibility index (Phi) is 4.50. The lowest BCUT2D eigenvalue weighted by Gasteiger charge is -2.45. The molecule has 2 unspecified atom stereocenters. The van der Waals surface area contributed by atoms with Gasteiger partial charge in [-0.05, 0) is 30.5 Å². The number of anilines is 1. The van der Waals surface area contributed by atoms with Gasteiger partial charge in [-0.3, -0.25) is 0 Å². The molecule has 1 saturated carbocycles. The van der Waals surface area contributed by atoms with E-state index in [0.717, 1.165) is 18.5 Å². The highest BCUT2D eigenvalue weighted by Gasteiger charge is 2.34. The van der Waals surface area contributed by atoms with Crippen molar-refractivity contribution in [1.29, 1.82) is 0 Å². The van der Waals surface area contributed by atoms with Gasteiger partial charge in [0.25, 0.3) is 0 Å². The first-order valence-corrected chi connectivity index (χ1v) is 8.93. The van der Waals surface area contributed by atoms with Gasteiger partial charge in [0.1, 0.15) is 0 Å². The fourth-order valence-electron chi connectivity index (χ4n) is 3.24. The topological polar surface area (TPSA) is 12.5 Å². The summed E-state index contributed by atoms with van der Waals surface area (Å²) >= 11 is 7.19. The van der Waals surface area contributed by atoms with Gasteiger partial charge in [0, 0.05) is 22.0 Å². The lowest BCUT2D eigenvalue weighted by molar-refractivity contribution is -0.00868. The summed E-state index contributed by atoms with van der Waals surface area (Å²) in [6, 6.07) is 7.29. The second-order valence-corrected chi connectivity index (χ2v) is 6.78. The molecule has 1 aromatic carbocycles. The lowest BCUT2D eigenvalue weighted by Crippen LogP contribution is -2.52. The molecular weight excluding hydrogens is 370 g/mol. The number of hydrogen-bond donors (Lipinski definition) is 0. The van der Waals surface area contributed by atoms with Gasteiger partial charge in [-0.2, -0.15) is 0 Å². The number of halogens is 2. The van der Waals surface area contributed by atoms with E-state index in [1.807, 2.05) is 0 Å². The quantitative estimate of drug-likeness (QED) is 0.692. The van der Waals surface area contributed by atoms with Crippen molar-refractivity contribution >= 4 is 37.5 Å². The molecule has 0 amide bonds. The monoisotopic (exact) mass is 387 g/mol. The van der Waals surface area contributed by atoms with Gasteiger partial charge in [0.15, 0.2) is 0 Å². The number of fused-ring (bicyclic) bond motifs is 1. The largest absolute Gasteiger partial charge is 0.374 e. The molecule has 0 N–H and O–H groups in total. The van der Waals surface area contributed by atoms with E-state index < -0.39 is 0 Å². The van der Waals surface area contributed by atoms with Crippen molar-refractivity contribution < 1.29 is 4.74 Å². The first-order valence-electron chi connectivity index (χ1n) is 7.02. The van der Waals surface area contributed by atoms with Crippen LogP contribution in [0.25, 0.3) is 0 Å². The van der Waals surface area contributed by atoms with E-state index in [1.165, 1.54) is 41.4 Å². The van der Waals surface area contributed by atoms with E-state index in [0.29, 0.717) is 12.1 Å². The molecule has 1 aliphatic heterocycles. The smallest absolute Gasteiger partial charge is 0.0779 e. The summed E-state index contributed by atoms with van der Waals surface area (Å²) in [7, 11) is 0. The van der Waals surface area contributed by atoms with Gasteiger partial charge in [0.2, 0.25) is 0 Å². The zero-order valence-electron chi connectivity index (χ0n) is 10.9. The van der Waals surface area contributed by atoms with E-state index in [4.69, 9.17) is 4.74 Å². The summed E-state index contributed by atoms with van der Waals surface area (Å²) in [6.45, 7) is 1.88. The number of benzene rings is 1. The zero-order valence-corrected chi connectivity index (χ0v) is 14.1. The number of nitrogens with zero attached hydrogens (tertiary/aromatic N) is 1. The van der Waals surface area contributed by atoms with E-state index in [2.05, 4.69) is 55.0 Å². The zero-order chi connectivity index (χ0) is 13.2. The van der Waals surface area contributed by atoms with Crippen molar-refractivity contribution in [2.45, 2.75) is 43.2 Å². The van der Waals surface area contributed by atoms with Crippen LogP contribution >= 0.6 is 31.9 Å². The molecule has 1 aromatic rings. The van der Waals surface area contributed by atoms with E-state index in [9.17, 15) is 0 Å². The molecule has 0 aromatic heterocycles. The molecule has 2 atom stereocenters. The van der Waals surface area contributed by atoms with Crippen LogP contribution in [0.2, 0.25) is 0 Å². The molecule has 104 valence electrons. The molecule has 3 rings (SSSR count). The van der Waals surface area contributed by atoms with Crippen LogP contribution in [0.15, 0.2) is 22.7 Å². The summed E-state index contributed by atoms with van der Waals surface area (Å²) < 4.78 is 7.14. The average molecular weight is 389 g/mol. The highest BCUT2D eigenvalue weighted by Crippen LogP contribution is 2.34. The predicted molar refractivity (Wildman–Crippen MR) is 86.1 cm³/mol. The highest BCUT2D eigenvalue weighted by atomic mass is 79.9. The van der Waals surface area contributed by atoms with Crippen molar-refractivity contribution in [2.75, 3.05) is 18.1 Å². The molecule has 4 heteroatoms. The highest BCUT2D eigenvalue weighted by molar-refractivity contribution is 9.10. The van der Waals surface area contributed by atoms with Crippen LogP contribution in [0.5, 0.6) is 0 Å². The Morgan fingerprint density at radius 1 is 1.26 bits per heavy atom. The summed E-state index contributed by atoms with van der Waals surface area (Å²) in [5.74, 6) is 0. The molecule has 2 fully saturated rings. The van der Waals surface area contributed by atoms with E-state index in [-0.39, 0.29) is 0 Å². The Bertz CT molecular complexity index is 450. The molecule has 2 nitrogen and oxygen atoms in total. The molecule has 0 radical (unpaired) electrons. The Morgan fingerprint density at radius 3 is 2.89 bits per heavy atom. The van der Waals surface area contributed by atoms with Crippen molar-refractivity contribution in [2.24, 2.45) is 0 Å². The molecule has 2 aliphatic rings. The number of rotatable bonds is 2. The van der Waals surface area contributed by atoms with Crippen LogP contribution in [-0.2, 0) is 10.1 Å². The summed E-state index contributed by atoms with van der Waals surface area (Å²) in [4.78, 5) is 2.55. The van der Waals surface area contributed by atoms with Crippen molar-refractivity contribution in [3.05, 3.63) is 28.2 Å². The Balaban J connectivity index is 1.85. The van der Waals surface area contributed by atoms with Crippen LogP contribution < -0.4 is 4.90 Å². The number of ether oxygens (including phenoxy) is 1. The van der Waals surface area contributed by atoms with Crippen molar-refractivity contribution in [3.8, 4) is 0 Å². The molecule has 0 spiro atoms. The number of morpholine rings is 1. The first kappa shape index (κ1) is 13.9. The van der Waals surface area contributed by atoms with Gasteiger partial charge in [0.05, 0.1) is 18.8 Å². The third kappa shape index (κ3) is 2.86. The second kappa shape index (κ2) is 6.15. The van der Waals surface area contributed by atoms with Gasteiger partial charge in [-0.1, -0.05) is 50.8 Å². The van der Waals surface area contributed by atoms with Gasteiger partial charge in [-0.15, -0.1) is 0 Å². The van der Waals surface area contributed by atoms with Crippen LogP contribution in [0.1, 0.15) is 31.2 Å². The summed E-state index contributed by atoms with van der Waals surface area (Å²) in [5, 5.41) is 0.892. The fourth-order valence-corrected chi connectivity index (χ4v) is 4.61. The van der Waals surface area contributed by atoms with Crippen LogP contribution in [0, 0.1) is 0 Å². The lowest BCUT2D eigenvalue weighted by atomic mass is 9.90.